The summed E-state index contributed by atoms with van der Waals surface area (Å²) in [5.74, 6) is 1.67. The van der Waals surface area contributed by atoms with Gasteiger partial charge in [0.25, 0.3) is 0 Å². The highest BCUT2D eigenvalue weighted by molar-refractivity contribution is 7.91. The van der Waals surface area contributed by atoms with Crippen LogP contribution in [0.1, 0.15) is 19.3 Å². The predicted molar refractivity (Wildman–Crippen MR) is 72.0 cm³/mol. The smallest absolute Gasteiger partial charge is 0.247 e. The number of anilines is 2. The molecule has 0 aliphatic carbocycles. The molecule has 104 valence electrons. The van der Waals surface area contributed by atoms with Crippen molar-refractivity contribution in [2.24, 2.45) is 0 Å². The highest BCUT2D eigenvalue weighted by Crippen LogP contribution is 2.19. The molecule has 0 saturated carbocycles. The molecule has 1 N–H and O–H groups in total. The van der Waals surface area contributed by atoms with E-state index in [1.807, 2.05) is 0 Å². The Kier molecular flexibility index (Phi) is 3.26. The highest BCUT2D eigenvalue weighted by Gasteiger charge is 2.28. The van der Waals surface area contributed by atoms with Crippen molar-refractivity contribution in [3.8, 4) is 0 Å². The van der Waals surface area contributed by atoms with Gasteiger partial charge in [0.15, 0.2) is 15.7 Å². The molecule has 0 bridgehead atoms. The number of hydrogen-bond donors (Lipinski definition) is 1. The van der Waals surface area contributed by atoms with Crippen LogP contribution in [0.2, 0.25) is 0 Å². The maximum Gasteiger partial charge on any atom is 0.247 e. The number of nitrogens with one attached hydrogen (secondary N) is 1. The molecule has 7 nitrogen and oxygen atoms in total. The van der Waals surface area contributed by atoms with E-state index in [4.69, 9.17) is 0 Å². The Morgan fingerprint density at radius 1 is 1.32 bits per heavy atom. The number of nitrogens with zero attached hydrogens (tertiary/aromatic N) is 4. The molecule has 8 heteroatoms. The third kappa shape index (κ3) is 2.94. The van der Waals surface area contributed by atoms with Gasteiger partial charge in [-0.05, 0) is 19.3 Å². The van der Waals surface area contributed by atoms with Crippen LogP contribution in [-0.4, -0.2) is 54.2 Å². The van der Waals surface area contributed by atoms with Gasteiger partial charge < -0.3 is 10.2 Å². The molecule has 0 aromatic carbocycles. The maximum atomic E-state index is 11.4. The van der Waals surface area contributed by atoms with Crippen molar-refractivity contribution in [2.45, 2.75) is 25.3 Å². The third-order valence-corrected chi connectivity index (χ3v) is 5.29. The summed E-state index contributed by atoms with van der Waals surface area (Å²) in [6.45, 7) is 1.92. The van der Waals surface area contributed by atoms with Crippen LogP contribution < -0.4 is 10.2 Å². The Morgan fingerprint density at radius 2 is 2.11 bits per heavy atom. The second-order valence-corrected chi connectivity index (χ2v) is 7.31. The third-order valence-electron chi connectivity index (χ3n) is 3.52. The summed E-state index contributed by atoms with van der Waals surface area (Å²) < 4.78 is 22.8. The summed E-state index contributed by atoms with van der Waals surface area (Å²) >= 11 is 0. The standard InChI is InChI=1S/C11H17N5O2S/c17-19(18)6-3-9(8-19)13-10-7-12-15-11(14-10)16-4-1-2-5-16/h7,9H,1-6,8H2,(H,13,14,15). The molecule has 19 heavy (non-hydrogen) atoms. The van der Waals surface area contributed by atoms with Crippen LogP contribution in [0.15, 0.2) is 6.20 Å². The average molecular weight is 283 g/mol. The summed E-state index contributed by atoms with van der Waals surface area (Å²) in [7, 11) is -2.88. The van der Waals surface area contributed by atoms with Crippen molar-refractivity contribution in [1.82, 2.24) is 15.2 Å². The van der Waals surface area contributed by atoms with Crippen molar-refractivity contribution >= 4 is 21.6 Å². The van der Waals surface area contributed by atoms with E-state index in [0.29, 0.717) is 18.2 Å². The molecule has 2 fully saturated rings. The van der Waals surface area contributed by atoms with Gasteiger partial charge in [-0.1, -0.05) is 0 Å². The van der Waals surface area contributed by atoms with Gasteiger partial charge >= 0.3 is 0 Å². The molecule has 2 aliphatic heterocycles. The Morgan fingerprint density at radius 3 is 2.79 bits per heavy atom. The van der Waals surface area contributed by atoms with E-state index in [0.717, 1.165) is 25.9 Å². The van der Waals surface area contributed by atoms with E-state index in [2.05, 4.69) is 25.4 Å². The van der Waals surface area contributed by atoms with Gasteiger partial charge in [0, 0.05) is 19.1 Å². The first-order chi connectivity index (χ1) is 9.12. The van der Waals surface area contributed by atoms with Gasteiger partial charge in [-0.25, -0.2) is 8.42 Å². The number of hydrogen-bond acceptors (Lipinski definition) is 7. The van der Waals surface area contributed by atoms with Gasteiger partial charge in [0.1, 0.15) is 0 Å². The van der Waals surface area contributed by atoms with E-state index in [-0.39, 0.29) is 17.5 Å². The van der Waals surface area contributed by atoms with E-state index >= 15 is 0 Å². The van der Waals surface area contributed by atoms with Crippen molar-refractivity contribution < 1.29 is 8.42 Å². The molecule has 1 unspecified atom stereocenters. The van der Waals surface area contributed by atoms with Gasteiger partial charge in [-0.15, -0.1) is 5.10 Å². The second-order valence-electron chi connectivity index (χ2n) is 5.08. The van der Waals surface area contributed by atoms with Crippen LogP contribution >= 0.6 is 0 Å². The minimum absolute atomic E-state index is 0.0619. The van der Waals surface area contributed by atoms with Crippen molar-refractivity contribution in [3.05, 3.63) is 6.20 Å². The molecule has 3 heterocycles. The minimum atomic E-state index is -2.88. The molecule has 1 atom stereocenters. The van der Waals surface area contributed by atoms with E-state index in [9.17, 15) is 8.42 Å². The molecular weight excluding hydrogens is 266 g/mol. The topological polar surface area (TPSA) is 88.1 Å². The van der Waals surface area contributed by atoms with Crippen LogP contribution in [0.25, 0.3) is 0 Å². The van der Waals surface area contributed by atoms with Crippen LogP contribution in [0.5, 0.6) is 0 Å². The Hall–Kier alpha value is -1.44. The normalized spacial score (nSPS) is 25.7. The monoisotopic (exact) mass is 283 g/mol. The van der Waals surface area contributed by atoms with Gasteiger partial charge in [-0.2, -0.15) is 10.1 Å². The molecule has 3 rings (SSSR count). The zero-order valence-electron chi connectivity index (χ0n) is 10.6. The van der Waals surface area contributed by atoms with E-state index in [1.54, 1.807) is 6.20 Å². The summed E-state index contributed by atoms with van der Waals surface area (Å²) in [6, 6.07) is -0.0619. The van der Waals surface area contributed by atoms with Crippen LogP contribution in [-0.2, 0) is 9.84 Å². The molecule has 1 aromatic heterocycles. The van der Waals surface area contributed by atoms with E-state index in [1.165, 1.54) is 0 Å². The Balaban J connectivity index is 1.69. The van der Waals surface area contributed by atoms with Crippen molar-refractivity contribution in [2.75, 3.05) is 34.8 Å². The molecular formula is C11H17N5O2S. The first-order valence-electron chi connectivity index (χ1n) is 6.54. The Bertz CT molecular complexity index is 556. The fourth-order valence-electron chi connectivity index (χ4n) is 2.53. The van der Waals surface area contributed by atoms with E-state index < -0.39 is 9.84 Å². The van der Waals surface area contributed by atoms with Crippen LogP contribution in [0, 0.1) is 0 Å². The fourth-order valence-corrected chi connectivity index (χ4v) is 4.21. The first kappa shape index (κ1) is 12.6. The molecule has 2 aliphatic rings. The van der Waals surface area contributed by atoms with Crippen LogP contribution in [0.3, 0.4) is 0 Å². The highest BCUT2D eigenvalue weighted by atomic mass is 32.2. The average Bonchev–Trinajstić information content (AvgIpc) is 2.99. The quantitative estimate of drug-likeness (QED) is 0.839. The molecule has 2 saturated heterocycles. The lowest BCUT2D eigenvalue weighted by atomic mass is 10.3. The maximum absolute atomic E-state index is 11.4. The zero-order valence-corrected chi connectivity index (χ0v) is 11.4. The van der Waals surface area contributed by atoms with Crippen molar-refractivity contribution in [3.63, 3.8) is 0 Å². The summed E-state index contributed by atoms with van der Waals surface area (Å²) in [4.78, 5) is 6.51. The molecule has 0 radical (unpaired) electrons. The predicted octanol–water partition coefficient (Wildman–Crippen LogP) is 0.0708. The number of rotatable bonds is 3. The molecule has 0 spiro atoms. The zero-order chi connectivity index (χ0) is 13.3. The van der Waals surface area contributed by atoms with Gasteiger partial charge in [0.05, 0.1) is 17.7 Å². The lowest BCUT2D eigenvalue weighted by Gasteiger charge is -2.16. The Labute approximate surface area is 112 Å². The molecule has 0 amide bonds. The largest absolute Gasteiger partial charge is 0.365 e. The van der Waals surface area contributed by atoms with Gasteiger partial charge in [-0.3, -0.25) is 0 Å². The first-order valence-corrected chi connectivity index (χ1v) is 8.36. The number of sulfone groups is 1. The summed E-state index contributed by atoms with van der Waals surface area (Å²) in [5.41, 5.74) is 0. The van der Waals surface area contributed by atoms with Gasteiger partial charge in [0.2, 0.25) is 5.95 Å². The number of aromatic nitrogens is 3. The lowest BCUT2D eigenvalue weighted by molar-refractivity contribution is 0.602. The summed E-state index contributed by atoms with van der Waals surface area (Å²) in [5, 5.41) is 11.1. The van der Waals surface area contributed by atoms with Crippen molar-refractivity contribution in [1.29, 1.82) is 0 Å². The lowest BCUT2D eigenvalue weighted by Crippen LogP contribution is -2.24. The fraction of sp³-hybridized carbons (Fsp3) is 0.727. The SMILES string of the molecule is O=S1(=O)CCC(Nc2cnnc(N3CCCC3)n2)C1. The molecule has 1 aromatic rings. The summed E-state index contributed by atoms with van der Waals surface area (Å²) in [6.07, 6.45) is 4.49. The van der Waals surface area contributed by atoms with Crippen LogP contribution in [0.4, 0.5) is 11.8 Å². The minimum Gasteiger partial charge on any atom is -0.365 e. The second kappa shape index (κ2) is 4.92.